The molecule has 0 saturated heterocycles. The van der Waals surface area contributed by atoms with Gasteiger partial charge in [-0.3, -0.25) is 0 Å². The molecule has 102 valence electrons. The highest BCUT2D eigenvalue weighted by atomic mass is 32.2. The molecule has 6 heteroatoms. The first kappa shape index (κ1) is 13.3. The van der Waals surface area contributed by atoms with Crippen LogP contribution in [0, 0.1) is 0 Å². The maximum atomic E-state index is 12.7. The van der Waals surface area contributed by atoms with E-state index in [4.69, 9.17) is 0 Å². The molecule has 0 unspecified atom stereocenters. The van der Waals surface area contributed by atoms with Crippen LogP contribution in [0.1, 0.15) is 5.56 Å². The lowest BCUT2D eigenvalue weighted by Gasteiger charge is -2.05. The summed E-state index contributed by atoms with van der Waals surface area (Å²) in [7, 11) is 0. The number of alkyl halides is 3. The second-order valence-corrected chi connectivity index (χ2v) is 6.40. The monoisotopic (exact) mass is 311 g/mol. The molecule has 0 spiro atoms. The predicted octanol–water partition coefficient (Wildman–Crippen LogP) is 5.21. The lowest BCUT2D eigenvalue weighted by Crippen LogP contribution is -2.03. The number of fused-ring (bicyclic) bond motifs is 1. The Bertz CT molecular complexity index is 800. The van der Waals surface area contributed by atoms with Crippen molar-refractivity contribution in [2.24, 2.45) is 4.99 Å². The van der Waals surface area contributed by atoms with Gasteiger partial charge in [-0.1, -0.05) is 18.2 Å². The van der Waals surface area contributed by atoms with Crippen LogP contribution in [0.3, 0.4) is 0 Å². The van der Waals surface area contributed by atoms with Crippen molar-refractivity contribution in [1.82, 2.24) is 0 Å². The molecule has 0 aliphatic carbocycles. The Kier molecular flexibility index (Phi) is 3.35. The Morgan fingerprint density at radius 2 is 1.55 bits per heavy atom. The molecule has 0 N–H and O–H groups in total. The smallest absolute Gasteiger partial charge is 0.228 e. The molecule has 0 bridgehead atoms. The Morgan fingerprint density at radius 1 is 0.850 bits per heavy atom. The van der Waals surface area contributed by atoms with Gasteiger partial charge in [0, 0.05) is 9.40 Å². The first-order valence-corrected chi connectivity index (χ1v) is 7.36. The van der Waals surface area contributed by atoms with Crippen molar-refractivity contribution in [3.05, 3.63) is 58.1 Å². The maximum absolute atomic E-state index is 12.7. The molecular formula is C14H8F3NS2. The fourth-order valence-electron chi connectivity index (χ4n) is 1.71. The number of halogens is 3. The van der Waals surface area contributed by atoms with Gasteiger partial charge in [0.25, 0.3) is 0 Å². The summed E-state index contributed by atoms with van der Waals surface area (Å²) < 4.78 is 40.1. The fraction of sp³-hybridized carbons (Fsp3) is 0.0714. The normalized spacial score (nSPS) is 13.1. The molecule has 2 aromatic carbocycles. The van der Waals surface area contributed by atoms with E-state index in [9.17, 15) is 13.2 Å². The van der Waals surface area contributed by atoms with Gasteiger partial charge >= 0.3 is 6.18 Å². The van der Waals surface area contributed by atoms with E-state index in [2.05, 4.69) is 4.99 Å². The minimum absolute atomic E-state index is 0.611. The quantitative estimate of drug-likeness (QED) is 0.584. The number of hydrogen-bond donors (Lipinski definition) is 0. The number of benzene rings is 2. The maximum Gasteiger partial charge on any atom is 0.416 e. The minimum atomic E-state index is -4.31. The molecule has 1 aromatic heterocycles. The second-order valence-electron chi connectivity index (χ2n) is 4.08. The van der Waals surface area contributed by atoms with Crippen molar-refractivity contribution in [3.63, 3.8) is 0 Å². The van der Waals surface area contributed by atoms with E-state index in [1.807, 2.05) is 30.3 Å². The molecule has 0 fully saturated rings. The van der Waals surface area contributed by atoms with E-state index >= 15 is 0 Å². The van der Waals surface area contributed by atoms with E-state index in [1.54, 1.807) is 0 Å². The molecule has 0 amide bonds. The molecule has 3 rings (SSSR count). The molecule has 0 atom stereocenters. The van der Waals surface area contributed by atoms with Gasteiger partial charge < -0.3 is 0 Å². The SMILES string of the molecule is FC(F)(F)c1ccc2s/c(=N\c3ccccc3)sc2c1. The van der Waals surface area contributed by atoms with Gasteiger partial charge in [-0.05, 0) is 30.3 Å². The van der Waals surface area contributed by atoms with Gasteiger partial charge in [0.15, 0.2) is 3.98 Å². The summed E-state index contributed by atoms with van der Waals surface area (Å²) in [6.45, 7) is 0. The van der Waals surface area contributed by atoms with Gasteiger partial charge in [-0.15, -0.1) is 22.7 Å². The molecule has 1 nitrogen and oxygen atoms in total. The topological polar surface area (TPSA) is 12.4 Å². The van der Waals surface area contributed by atoms with E-state index in [1.165, 1.54) is 34.8 Å². The highest BCUT2D eigenvalue weighted by molar-refractivity contribution is 7.35. The Labute approximate surface area is 120 Å². The summed E-state index contributed by atoms with van der Waals surface area (Å²) in [4.78, 5) is 4.43. The van der Waals surface area contributed by atoms with Gasteiger partial charge in [-0.2, -0.15) is 13.2 Å². The Hall–Kier alpha value is -1.66. The van der Waals surface area contributed by atoms with E-state index in [0.29, 0.717) is 4.70 Å². The second kappa shape index (κ2) is 5.03. The zero-order valence-electron chi connectivity index (χ0n) is 10.0. The summed E-state index contributed by atoms with van der Waals surface area (Å²) in [5.41, 5.74) is 0.177. The molecule has 3 aromatic rings. The molecule has 0 aliphatic heterocycles. The van der Waals surface area contributed by atoms with Crippen molar-refractivity contribution >= 4 is 37.8 Å². The summed E-state index contributed by atoms with van der Waals surface area (Å²) >= 11 is 2.67. The molecule has 0 saturated carbocycles. The average Bonchev–Trinajstić information content (AvgIpc) is 2.80. The lowest BCUT2D eigenvalue weighted by atomic mass is 10.2. The highest BCUT2D eigenvalue weighted by Gasteiger charge is 2.30. The van der Waals surface area contributed by atoms with Crippen LogP contribution in [0.4, 0.5) is 18.9 Å². The van der Waals surface area contributed by atoms with E-state index in [0.717, 1.165) is 20.4 Å². The van der Waals surface area contributed by atoms with E-state index in [-0.39, 0.29) is 0 Å². The van der Waals surface area contributed by atoms with Crippen LogP contribution in [-0.2, 0) is 6.18 Å². The Balaban J connectivity index is 2.10. The third-order valence-electron chi connectivity index (χ3n) is 2.64. The number of nitrogens with zero attached hydrogens (tertiary/aromatic N) is 1. The zero-order valence-corrected chi connectivity index (χ0v) is 11.6. The van der Waals surface area contributed by atoms with Crippen LogP contribution in [0.15, 0.2) is 53.5 Å². The van der Waals surface area contributed by atoms with Crippen molar-refractivity contribution < 1.29 is 13.2 Å². The fourth-order valence-corrected chi connectivity index (χ4v) is 3.99. The molecule has 20 heavy (non-hydrogen) atoms. The van der Waals surface area contributed by atoms with Gasteiger partial charge in [-0.25, -0.2) is 4.99 Å². The molecular weight excluding hydrogens is 303 g/mol. The van der Waals surface area contributed by atoms with E-state index < -0.39 is 11.7 Å². The van der Waals surface area contributed by atoms with Gasteiger partial charge in [0.05, 0.1) is 11.3 Å². The summed E-state index contributed by atoms with van der Waals surface area (Å²) in [5.74, 6) is 0. The Morgan fingerprint density at radius 3 is 2.25 bits per heavy atom. The van der Waals surface area contributed by atoms with Crippen molar-refractivity contribution in [2.75, 3.05) is 0 Å². The predicted molar refractivity (Wildman–Crippen MR) is 76.4 cm³/mol. The standard InChI is InChI=1S/C14H8F3NS2/c15-14(16,17)9-6-7-11-12(8-9)20-13(19-11)18-10-4-2-1-3-5-10/h1-8H/b18-13+. The first-order chi connectivity index (χ1) is 9.52. The van der Waals surface area contributed by atoms with Crippen molar-refractivity contribution in [1.29, 1.82) is 0 Å². The molecule has 0 aliphatic rings. The number of para-hydroxylation sites is 1. The van der Waals surface area contributed by atoms with Gasteiger partial charge in [0.2, 0.25) is 0 Å². The average molecular weight is 311 g/mol. The van der Waals surface area contributed by atoms with Crippen LogP contribution in [-0.4, -0.2) is 0 Å². The van der Waals surface area contributed by atoms with Crippen LogP contribution in [0.5, 0.6) is 0 Å². The molecule has 0 radical (unpaired) electrons. The largest absolute Gasteiger partial charge is 0.416 e. The van der Waals surface area contributed by atoms with Crippen LogP contribution < -0.4 is 3.98 Å². The summed E-state index contributed by atoms with van der Waals surface area (Å²) in [6, 6.07) is 13.2. The van der Waals surface area contributed by atoms with Crippen LogP contribution in [0.2, 0.25) is 0 Å². The van der Waals surface area contributed by atoms with Crippen LogP contribution in [0.25, 0.3) is 9.40 Å². The highest BCUT2D eigenvalue weighted by Crippen LogP contribution is 2.33. The van der Waals surface area contributed by atoms with Crippen LogP contribution >= 0.6 is 22.7 Å². The summed E-state index contributed by atoms with van der Waals surface area (Å²) in [5, 5.41) is 0. The van der Waals surface area contributed by atoms with Crippen molar-refractivity contribution in [3.8, 4) is 0 Å². The third kappa shape index (κ3) is 2.76. The number of rotatable bonds is 1. The lowest BCUT2D eigenvalue weighted by molar-refractivity contribution is -0.137. The summed E-state index contributed by atoms with van der Waals surface area (Å²) in [6.07, 6.45) is -4.31. The van der Waals surface area contributed by atoms with Crippen molar-refractivity contribution in [2.45, 2.75) is 6.18 Å². The first-order valence-electron chi connectivity index (χ1n) is 5.73. The zero-order chi connectivity index (χ0) is 14.2. The minimum Gasteiger partial charge on any atom is -0.228 e. The van der Waals surface area contributed by atoms with Gasteiger partial charge in [0.1, 0.15) is 0 Å². The molecule has 1 heterocycles. The number of hydrogen-bond acceptors (Lipinski definition) is 3. The third-order valence-corrected chi connectivity index (χ3v) is 4.94.